The van der Waals surface area contributed by atoms with Gasteiger partial charge in [-0.3, -0.25) is 0 Å². The Bertz CT molecular complexity index is 317. The molecule has 0 N–H and O–H groups in total. The molecule has 2 aromatic heterocycles. The van der Waals surface area contributed by atoms with E-state index in [2.05, 4.69) is 15.0 Å². The van der Waals surface area contributed by atoms with Crippen LogP contribution in [0, 0.1) is 0 Å². The lowest BCUT2D eigenvalue weighted by atomic mass is 10.3. The minimum atomic E-state index is 0.547. The van der Waals surface area contributed by atoms with Gasteiger partial charge in [0.1, 0.15) is 12.6 Å². The fourth-order valence-corrected chi connectivity index (χ4v) is 0.776. The highest BCUT2D eigenvalue weighted by atomic mass is 16.3. The van der Waals surface area contributed by atoms with Crippen molar-refractivity contribution >= 4 is 0 Å². The summed E-state index contributed by atoms with van der Waals surface area (Å²) < 4.78 is 5.03. The maximum Gasteiger partial charge on any atom is 0.228 e. The second-order valence-electron chi connectivity index (χ2n) is 1.96. The standard InChI is InChI=1S/C7H5N3O/c1-2-11-7(10-1)6-3-8-5-9-4-6/h1-5H. The summed E-state index contributed by atoms with van der Waals surface area (Å²) in [6.07, 6.45) is 7.87. The summed E-state index contributed by atoms with van der Waals surface area (Å²) >= 11 is 0. The topological polar surface area (TPSA) is 51.8 Å². The van der Waals surface area contributed by atoms with Crippen molar-refractivity contribution in [2.45, 2.75) is 0 Å². The number of oxazole rings is 1. The minimum absolute atomic E-state index is 0.547. The fraction of sp³-hybridized carbons (Fsp3) is 0. The van der Waals surface area contributed by atoms with E-state index in [-0.39, 0.29) is 0 Å². The molecular weight excluding hydrogens is 142 g/mol. The van der Waals surface area contributed by atoms with E-state index in [1.165, 1.54) is 12.6 Å². The van der Waals surface area contributed by atoms with Crippen LogP contribution in [0.3, 0.4) is 0 Å². The molecule has 0 amide bonds. The number of hydrogen-bond acceptors (Lipinski definition) is 4. The molecule has 0 radical (unpaired) electrons. The van der Waals surface area contributed by atoms with Crippen LogP contribution in [-0.2, 0) is 0 Å². The first-order valence-corrected chi connectivity index (χ1v) is 3.12. The highest BCUT2D eigenvalue weighted by Crippen LogP contribution is 2.12. The zero-order valence-corrected chi connectivity index (χ0v) is 5.64. The smallest absolute Gasteiger partial charge is 0.228 e. The van der Waals surface area contributed by atoms with Crippen molar-refractivity contribution in [3.8, 4) is 11.5 Å². The summed E-state index contributed by atoms with van der Waals surface area (Å²) in [4.78, 5) is 11.6. The van der Waals surface area contributed by atoms with E-state index in [1.54, 1.807) is 18.6 Å². The van der Waals surface area contributed by atoms with Gasteiger partial charge in [-0.1, -0.05) is 0 Å². The van der Waals surface area contributed by atoms with Crippen molar-refractivity contribution in [2.75, 3.05) is 0 Å². The summed E-state index contributed by atoms with van der Waals surface area (Å²) in [7, 11) is 0. The largest absolute Gasteiger partial charge is 0.444 e. The summed E-state index contributed by atoms with van der Waals surface area (Å²) in [5.74, 6) is 0.547. The Morgan fingerprint density at radius 1 is 1.18 bits per heavy atom. The molecule has 0 saturated carbocycles. The SMILES string of the molecule is c1ncc(-c2ncco2)cn1. The molecule has 2 aromatic rings. The summed E-state index contributed by atoms with van der Waals surface area (Å²) in [6.45, 7) is 0. The van der Waals surface area contributed by atoms with Crippen LogP contribution in [-0.4, -0.2) is 15.0 Å². The molecule has 0 aliphatic rings. The van der Waals surface area contributed by atoms with Gasteiger partial charge in [0.15, 0.2) is 0 Å². The Balaban J connectivity index is 2.46. The van der Waals surface area contributed by atoms with Crippen LogP contribution in [0.25, 0.3) is 11.5 Å². The number of aromatic nitrogens is 3. The molecule has 0 bridgehead atoms. The van der Waals surface area contributed by atoms with Crippen LogP contribution >= 0.6 is 0 Å². The Morgan fingerprint density at radius 3 is 2.64 bits per heavy atom. The van der Waals surface area contributed by atoms with Crippen molar-refractivity contribution < 1.29 is 4.42 Å². The van der Waals surface area contributed by atoms with Gasteiger partial charge < -0.3 is 4.42 Å². The van der Waals surface area contributed by atoms with Gasteiger partial charge in [-0.05, 0) is 0 Å². The molecule has 4 heteroatoms. The Kier molecular flexibility index (Phi) is 1.37. The van der Waals surface area contributed by atoms with E-state index in [0.717, 1.165) is 5.56 Å². The predicted molar refractivity (Wildman–Crippen MR) is 37.5 cm³/mol. The van der Waals surface area contributed by atoms with Gasteiger partial charge in [0.25, 0.3) is 0 Å². The normalized spacial score (nSPS) is 9.82. The molecule has 0 aliphatic heterocycles. The van der Waals surface area contributed by atoms with Gasteiger partial charge in [-0.2, -0.15) is 0 Å². The maximum absolute atomic E-state index is 5.03. The Labute approximate surface area is 62.9 Å². The lowest BCUT2D eigenvalue weighted by Crippen LogP contribution is -1.80. The maximum atomic E-state index is 5.03. The molecule has 54 valence electrons. The predicted octanol–water partition coefficient (Wildman–Crippen LogP) is 1.13. The summed E-state index contributed by atoms with van der Waals surface area (Å²) in [6, 6.07) is 0. The molecular formula is C7H5N3O. The van der Waals surface area contributed by atoms with Crippen molar-refractivity contribution in [1.82, 2.24) is 15.0 Å². The molecule has 0 saturated heterocycles. The van der Waals surface area contributed by atoms with Crippen LogP contribution in [0.4, 0.5) is 0 Å². The van der Waals surface area contributed by atoms with E-state index in [0.29, 0.717) is 5.89 Å². The van der Waals surface area contributed by atoms with Crippen LogP contribution in [0.1, 0.15) is 0 Å². The Hall–Kier alpha value is -1.71. The van der Waals surface area contributed by atoms with Gasteiger partial charge in [-0.25, -0.2) is 15.0 Å². The third-order valence-electron chi connectivity index (χ3n) is 1.24. The average molecular weight is 147 g/mol. The number of rotatable bonds is 1. The second-order valence-corrected chi connectivity index (χ2v) is 1.96. The third-order valence-corrected chi connectivity index (χ3v) is 1.24. The minimum Gasteiger partial charge on any atom is -0.444 e. The van der Waals surface area contributed by atoms with Crippen LogP contribution in [0.15, 0.2) is 35.6 Å². The fourth-order valence-electron chi connectivity index (χ4n) is 0.776. The number of nitrogens with zero attached hydrogens (tertiary/aromatic N) is 3. The third kappa shape index (κ3) is 1.10. The average Bonchev–Trinajstić information content (AvgIpc) is 2.58. The first-order chi connectivity index (χ1) is 5.47. The zero-order chi connectivity index (χ0) is 7.52. The van der Waals surface area contributed by atoms with Crippen molar-refractivity contribution in [3.05, 3.63) is 31.2 Å². The molecule has 0 spiro atoms. The first-order valence-electron chi connectivity index (χ1n) is 3.12. The van der Waals surface area contributed by atoms with E-state index >= 15 is 0 Å². The van der Waals surface area contributed by atoms with Crippen LogP contribution in [0.2, 0.25) is 0 Å². The van der Waals surface area contributed by atoms with Gasteiger partial charge in [0.05, 0.1) is 11.8 Å². The molecule has 0 aliphatic carbocycles. The lowest BCUT2D eigenvalue weighted by Gasteiger charge is -1.89. The Morgan fingerprint density at radius 2 is 2.00 bits per heavy atom. The van der Waals surface area contributed by atoms with E-state index in [9.17, 15) is 0 Å². The molecule has 2 rings (SSSR count). The molecule has 4 nitrogen and oxygen atoms in total. The monoisotopic (exact) mass is 147 g/mol. The second kappa shape index (κ2) is 2.49. The molecule has 0 aromatic carbocycles. The quantitative estimate of drug-likeness (QED) is 0.606. The summed E-state index contributed by atoms with van der Waals surface area (Å²) in [5.41, 5.74) is 0.789. The van der Waals surface area contributed by atoms with Gasteiger partial charge in [0.2, 0.25) is 5.89 Å². The van der Waals surface area contributed by atoms with Gasteiger partial charge in [-0.15, -0.1) is 0 Å². The molecule has 2 heterocycles. The van der Waals surface area contributed by atoms with Gasteiger partial charge in [0, 0.05) is 12.4 Å². The highest BCUT2D eigenvalue weighted by molar-refractivity contribution is 5.48. The van der Waals surface area contributed by atoms with Crippen molar-refractivity contribution in [2.24, 2.45) is 0 Å². The first kappa shape index (κ1) is 6.03. The molecule has 0 unspecified atom stereocenters. The van der Waals surface area contributed by atoms with Crippen LogP contribution in [0.5, 0.6) is 0 Å². The van der Waals surface area contributed by atoms with Crippen LogP contribution < -0.4 is 0 Å². The van der Waals surface area contributed by atoms with Gasteiger partial charge >= 0.3 is 0 Å². The number of hydrogen-bond donors (Lipinski definition) is 0. The highest BCUT2D eigenvalue weighted by Gasteiger charge is 1.99. The lowest BCUT2D eigenvalue weighted by molar-refractivity contribution is 0.574. The van der Waals surface area contributed by atoms with E-state index in [1.807, 2.05) is 0 Å². The molecule has 0 fully saturated rings. The molecule has 11 heavy (non-hydrogen) atoms. The van der Waals surface area contributed by atoms with E-state index < -0.39 is 0 Å². The summed E-state index contributed by atoms with van der Waals surface area (Å²) in [5, 5.41) is 0. The van der Waals surface area contributed by atoms with E-state index in [4.69, 9.17) is 4.42 Å². The zero-order valence-electron chi connectivity index (χ0n) is 5.64. The van der Waals surface area contributed by atoms with Crippen molar-refractivity contribution in [1.29, 1.82) is 0 Å². The van der Waals surface area contributed by atoms with Crippen molar-refractivity contribution in [3.63, 3.8) is 0 Å². The molecule has 0 atom stereocenters.